The number of rotatable bonds is 8. The van der Waals surface area contributed by atoms with Gasteiger partial charge in [0.05, 0.1) is 35.2 Å². The summed E-state index contributed by atoms with van der Waals surface area (Å²) < 4.78 is 33.4. The van der Waals surface area contributed by atoms with Crippen molar-refractivity contribution in [3.8, 4) is 0 Å². The van der Waals surface area contributed by atoms with Gasteiger partial charge in [0.1, 0.15) is 5.69 Å². The van der Waals surface area contributed by atoms with Gasteiger partial charge in [0.2, 0.25) is 5.91 Å². The number of nitrogens with zero attached hydrogens (tertiary/aromatic N) is 7. The molecule has 1 saturated carbocycles. The van der Waals surface area contributed by atoms with Gasteiger partial charge in [0, 0.05) is 50.4 Å². The molecule has 4 fully saturated rings. The van der Waals surface area contributed by atoms with Gasteiger partial charge in [-0.25, -0.2) is 23.1 Å². The highest BCUT2D eigenvalue weighted by Crippen LogP contribution is 2.49. The summed E-state index contributed by atoms with van der Waals surface area (Å²) in [5.41, 5.74) is 11.5. The summed E-state index contributed by atoms with van der Waals surface area (Å²) in [5, 5.41) is 10.4. The molecular weight excluding hydrogens is 794 g/mol. The molecule has 316 valence electrons. The zero-order valence-electron chi connectivity index (χ0n) is 33.6. The standard InChI is InChI=1S/C43H49ClF2N10O4/c1-48-31-23-36(51-56-34(38(47)58)24-49-39(31)56)54-17-9-29-27(3-2-4-32(29)54)21-26-7-12-42(13-8-26)14-19-52(20-15-42)35-10-16-53(25-43(35,45)46)40(59)28-5-6-30(44)33(22-28)55-18-11-37(57)50-41(55)60/h2-6,22-24,26,35,48H,7-21,25H2,1H3,(H2,47,58)(H,50,57,60). The fourth-order valence-corrected chi connectivity index (χ4v) is 10.6. The van der Waals surface area contributed by atoms with E-state index in [9.17, 15) is 19.2 Å². The van der Waals surface area contributed by atoms with Crippen LogP contribution in [0.3, 0.4) is 0 Å². The van der Waals surface area contributed by atoms with Crippen molar-refractivity contribution in [2.75, 3.05) is 61.4 Å². The SMILES string of the molecule is CNc1cc(N2CCc3c(CC4CCC5(CC4)CCN(C4CCN(C(=O)c6ccc(Cl)c(N7CCC(=O)NC7=O)c6)CC4(F)F)CC5)cccc32)nn2c(C(N)=O)cnc12. The molecule has 2 aromatic heterocycles. The Hall–Kier alpha value is -5.35. The molecule has 1 unspecified atom stereocenters. The van der Waals surface area contributed by atoms with Gasteiger partial charge in [-0.3, -0.25) is 29.5 Å². The molecule has 0 bridgehead atoms. The van der Waals surface area contributed by atoms with Gasteiger partial charge in [-0.2, -0.15) is 0 Å². The van der Waals surface area contributed by atoms with Crippen molar-refractivity contribution in [3.05, 3.63) is 76.1 Å². The molecule has 0 radical (unpaired) electrons. The third-order valence-corrected chi connectivity index (χ3v) is 14.1. The average Bonchev–Trinajstić information content (AvgIpc) is 3.88. The second kappa shape index (κ2) is 15.6. The van der Waals surface area contributed by atoms with Crippen molar-refractivity contribution in [2.24, 2.45) is 17.1 Å². The number of benzene rings is 2. The van der Waals surface area contributed by atoms with Gasteiger partial charge in [-0.1, -0.05) is 23.7 Å². The van der Waals surface area contributed by atoms with Crippen LogP contribution in [-0.4, -0.2) is 106 Å². The predicted octanol–water partition coefficient (Wildman–Crippen LogP) is 6.03. The minimum Gasteiger partial charge on any atom is -0.385 e. The Morgan fingerprint density at radius 1 is 0.950 bits per heavy atom. The van der Waals surface area contributed by atoms with E-state index in [2.05, 4.69) is 38.7 Å². The first-order valence-electron chi connectivity index (χ1n) is 20.9. The maximum Gasteiger partial charge on any atom is 0.328 e. The fourth-order valence-electron chi connectivity index (χ4n) is 10.4. The number of fused-ring (bicyclic) bond motifs is 2. The number of carbonyl (C=O) groups excluding carboxylic acids is 4. The minimum atomic E-state index is -3.09. The van der Waals surface area contributed by atoms with Gasteiger partial charge in [0.25, 0.3) is 17.7 Å². The Labute approximate surface area is 351 Å². The molecular formula is C43H49ClF2N10O4. The van der Waals surface area contributed by atoms with E-state index in [-0.39, 0.29) is 53.3 Å². The second-order valence-electron chi connectivity index (χ2n) is 17.1. The fraction of sp³-hybridized carbons (Fsp3) is 0.488. The summed E-state index contributed by atoms with van der Waals surface area (Å²) in [6.45, 7) is 1.63. The number of hydrogen-bond acceptors (Lipinski definition) is 9. The first-order valence-corrected chi connectivity index (χ1v) is 21.3. The third kappa shape index (κ3) is 7.31. The summed E-state index contributed by atoms with van der Waals surface area (Å²) in [6.07, 6.45) is 9.79. The first-order chi connectivity index (χ1) is 28.8. The minimum absolute atomic E-state index is 0.0848. The number of primary amides is 1. The Kier molecular flexibility index (Phi) is 10.4. The summed E-state index contributed by atoms with van der Waals surface area (Å²) in [6, 6.07) is 11.3. The van der Waals surface area contributed by atoms with Crippen LogP contribution in [0.25, 0.3) is 5.65 Å². The van der Waals surface area contributed by atoms with Crippen LogP contribution in [0, 0.1) is 11.3 Å². The lowest BCUT2D eigenvalue weighted by molar-refractivity contribution is -0.130. The number of halogens is 3. The van der Waals surface area contributed by atoms with Crippen LogP contribution in [0.5, 0.6) is 0 Å². The van der Waals surface area contributed by atoms with E-state index in [1.165, 1.54) is 49.8 Å². The number of amides is 5. The van der Waals surface area contributed by atoms with Crippen LogP contribution in [0.15, 0.2) is 48.7 Å². The lowest BCUT2D eigenvalue weighted by Gasteiger charge is -2.50. The van der Waals surface area contributed by atoms with E-state index < -0.39 is 42.3 Å². The van der Waals surface area contributed by atoms with Crippen LogP contribution < -0.4 is 26.2 Å². The molecule has 1 aliphatic carbocycles. The summed E-state index contributed by atoms with van der Waals surface area (Å²) in [5.74, 6) is -3.36. The highest BCUT2D eigenvalue weighted by Gasteiger charge is 2.50. The number of nitrogens with one attached hydrogen (secondary N) is 2. The highest BCUT2D eigenvalue weighted by atomic mass is 35.5. The normalized spacial score (nSPS) is 22.0. The molecule has 2 aromatic carbocycles. The van der Waals surface area contributed by atoms with Crippen LogP contribution in [0.2, 0.25) is 5.02 Å². The molecule has 4 aromatic rings. The van der Waals surface area contributed by atoms with E-state index in [1.54, 1.807) is 0 Å². The number of urea groups is 1. The molecule has 1 spiro atoms. The molecule has 1 atom stereocenters. The van der Waals surface area contributed by atoms with Crippen molar-refractivity contribution in [1.82, 2.24) is 29.7 Å². The van der Waals surface area contributed by atoms with E-state index in [1.807, 2.05) is 18.0 Å². The predicted molar refractivity (Wildman–Crippen MR) is 223 cm³/mol. The van der Waals surface area contributed by atoms with Gasteiger partial charge in [0.15, 0.2) is 11.5 Å². The van der Waals surface area contributed by atoms with Gasteiger partial charge >= 0.3 is 6.03 Å². The van der Waals surface area contributed by atoms with Crippen LogP contribution in [0.4, 0.5) is 36.5 Å². The number of likely N-dealkylation sites (tertiary alicyclic amines) is 2. The average molecular weight is 843 g/mol. The number of aromatic nitrogens is 3. The zero-order valence-corrected chi connectivity index (χ0v) is 34.3. The number of imidazole rings is 1. The van der Waals surface area contributed by atoms with Gasteiger partial charge < -0.3 is 20.9 Å². The van der Waals surface area contributed by atoms with E-state index in [0.29, 0.717) is 30.5 Å². The molecule has 4 N–H and O–H groups in total. The third-order valence-electron chi connectivity index (χ3n) is 13.7. The quantitative estimate of drug-likeness (QED) is 0.193. The Morgan fingerprint density at radius 3 is 2.43 bits per heavy atom. The Bertz CT molecular complexity index is 2370. The number of alkyl halides is 2. The van der Waals surface area contributed by atoms with Crippen molar-refractivity contribution in [3.63, 3.8) is 0 Å². The van der Waals surface area contributed by atoms with Gasteiger partial charge in [-0.15, -0.1) is 5.10 Å². The first kappa shape index (κ1) is 40.1. The molecule has 6 heterocycles. The van der Waals surface area contributed by atoms with Crippen molar-refractivity contribution >= 4 is 63.9 Å². The van der Waals surface area contributed by atoms with Crippen molar-refractivity contribution < 1.29 is 28.0 Å². The van der Waals surface area contributed by atoms with E-state index in [4.69, 9.17) is 22.4 Å². The highest BCUT2D eigenvalue weighted by molar-refractivity contribution is 6.34. The largest absolute Gasteiger partial charge is 0.385 e. The lowest BCUT2D eigenvalue weighted by Crippen LogP contribution is -2.61. The van der Waals surface area contributed by atoms with Crippen molar-refractivity contribution in [2.45, 2.75) is 76.2 Å². The maximum absolute atomic E-state index is 16.0. The van der Waals surface area contributed by atoms with Crippen LogP contribution >= 0.6 is 11.6 Å². The number of anilines is 4. The number of carbonyl (C=O) groups is 4. The second-order valence-corrected chi connectivity index (χ2v) is 17.5. The molecule has 3 saturated heterocycles. The molecule has 5 aliphatic rings. The number of hydrogen-bond donors (Lipinski definition) is 3. The Balaban J connectivity index is 0.795. The number of imide groups is 1. The molecule has 5 amide bonds. The smallest absolute Gasteiger partial charge is 0.328 e. The van der Waals surface area contributed by atoms with Crippen LogP contribution in [0.1, 0.15) is 83.3 Å². The molecule has 17 heteroatoms. The van der Waals surface area contributed by atoms with Crippen molar-refractivity contribution in [1.29, 1.82) is 0 Å². The molecule has 4 aliphatic heterocycles. The van der Waals surface area contributed by atoms with Crippen LogP contribution in [-0.2, 0) is 17.6 Å². The number of piperidine rings is 2. The van der Waals surface area contributed by atoms with Gasteiger partial charge in [-0.05, 0) is 118 Å². The van der Waals surface area contributed by atoms with E-state index >= 15 is 8.78 Å². The monoisotopic (exact) mass is 842 g/mol. The maximum atomic E-state index is 16.0. The molecule has 9 rings (SSSR count). The Morgan fingerprint density at radius 2 is 1.72 bits per heavy atom. The summed E-state index contributed by atoms with van der Waals surface area (Å²) in [4.78, 5) is 60.7. The van der Waals surface area contributed by atoms with E-state index in [0.717, 1.165) is 69.3 Å². The molecule has 60 heavy (non-hydrogen) atoms. The lowest BCUT2D eigenvalue weighted by atomic mass is 9.64. The zero-order chi connectivity index (χ0) is 41.9. The summed E-state index contributed by atoms with van der Waals surface area (Å²) in [7, 11) is 1.81. The topological polar surface area (TPSA) is 162 Å². The number of nitrogens with two attached hydrogens (primary N) is 1. The molecule has 14 nitrogen and oxygen atoms in total. The summed E-state index contributed by atoms with van der Waals surface area (Å²) >= 11 is 6.36.